The highest BCUT2D eigenvalue weighted by atomic mass is 32.1. The maximum atomic E-state index is 12.9. The molecular formula is C19H25FN4O2S. The Morgan fingerprint density at radius 1 is 1.22 bits per heavy atom. The number of hydrogen-bond donors (Lipinski definition) is 1. The van der Waals surface area contributed by atoms with E-state index in [1.165, 1.54) is 21.9 Å². The van der Waals surface area contributed by atoms with Gasteiger partial charge in [-0.2, -0.15) is 0 Å². The second kappa shape index (κ2) is 10.5. The number of carbonyl (C=O) groups is 1. The van der Waals surface area contributed by atoms with Crippen molar-refractivity contribution in [3.63, 3.8) is 0 Å². The van der Waals surface area contributed by atoms with Crippen molar-refractivity contribution in [1.29, 1.82) is 0 Å². The molecule has 0 aliphatic rings. The zero-order chi connectivity index (χ0) is 19.6. The molecule has 6 nitrogen and oxygen atoms in total. The number of ether oxygens (including phenoxy) is 1. The minimum atomic E-state index is -0.294. The third-order valence-electron chi connectivity index (χ3n) is 3.73. The number of nitrogens with zero attached hydrogens (tertiary/aromatic N) is 3. The molecule has 27 heavy (non-hydrogen) atoms. The van der Waals surface area contributed by atoms with Crippen molar-refractivity contribution in [2.24, 2.45) is 4.99 Å². The Kier molecular flexibility index (Phi) is 8.06. The molecule has 0 atom stereocenters. The molecule has 146 valence electrons. The summed E-state index contributed by atoms with van der Waals surface area (Å²) in [6.07, 6.45) is 0. The zero-order valence-corrected chi connectivity index (χ0v) is 16.6. The quantitative estimate of drug-likeness (QED) is 0.554. The Balaban J connectivity index is 1.91. The van der Waals surface area contributed by atoms with Crippen LogP contribution in [0, 0.1) is 5.82 Å². The lowest BCUT2D eigenvalue weighted by atomic mass is 10.3. The maximum absolute atomic E-state index is 12.9. The average molecular weight is 393 g/mol. The number of halogens is 1. The lowest BCUT2D eigenvalue weighted by Crippen LogP contribution is -2.41. The molecule has 1 aromatic carbocycles. The zero-order valence-electron chi connectivity index (χ0n) is 15.8. The molecule has 2 aromatic rings. The third-order valence-corrected chi connectivity index (χ3v) is 4.61. The second-order valence-electron chi connectivity index (χ2n) is 6.08. The highest BCUT2D eigenvalue weighted by Gasteiger charge is 2.10. The van der Waals surface area contributed by atoms with Crippen molar-refractivity contribution in [2.75, 3.05) is 40.8 Å². The van der Waals surface area contributed by atoms with Crippen LogP contribution in [0.5, 0.6) is 5.75 Å². The number of guanidine groups is 1. The van der Waals surface area contributed by atoms with Crippen LogP contribution in [0.15, 0.2) is 46.8 Å². The van der Waals surface area contributed by atoms with Crippen LogP contribution in [-0.2, 0) is 11.3 Å². The molecule has 0 aliphatic carbocycles. The van der Waals surface area contributed by atoms with E-state index in [2.05, 4.69) is 10.3 Å². The summed E-state index contributed by atoms with van der Waals surface area (Å²) in [5.41, 5.74) is 0. The third kappa shape index (κ3) is 7.26. The number of likely N-dealkylation sites (N-methyl/N-ethyl adjacent to an activating group) is 2. The van der Waals surface area contributed by atoms with Crippen LogP contribution < -0.4 is 10.1 Å². The largest absolute Gasteiger partial charge is 0.492 e. The molecule has 0 radical (unpaired) electrons. The van der Waals surface area contributed by atoms with Gasteiger partial charge < -0.3 is 19.9 Å². The Morgan fingerprint density at radius 2 is 1.96 bits per heavy atom. The van der Waals surface area contributed by atoms with E-state index in [0.717, 1.165) is 0 Å². The number of amides is 1. The van der Waals surface area contributed by atoms with Crippen LogP contribution in [0.2, 0.25) is 0 Å². The first kappa shape index (κ1) is 20.7. The van der Waals surface area contributed by atoms with Gasteiger partial charge in [0.15, 0.2) is 5.96 Å². The predicted octanol–water partition coefficient (Wildman–Crippen LogP) is 2.43. The molecule has 1 N–H and O–H groups in total. The van der Waals surface area contributed by atoms with E-state index < -0.39 is 0 Å². The normalized spacial score (nSPS) is 11.2. The van der Waals surface area contributed by atoms with E-state index in [1.807, 2.05) is 29.5 Å². The Morgan fingerprint density at radius 3 is 2.59 bits per heavy atom. The minimum absolute atomic E-state index is 0.0682. The summed E-state index contributed by atoms with van der Waals surface area (Å²) in [7, 11) is 5.29. The lowest BCUT2D eigenvalue weighted by molar-refractivity contribution is -0.127. The number of hydrogen-bond acceptors (Lipinski definition) is 4. The monoisotopic (exact) mass is 392 g/mol. The molecule has 2 rings (SSSR count). The Bertz CT molecular complexity index is 733. The first-order valence-electron chi connectivity index (χ1n) is 8.56. The number of carbonyl (C=O) groups excluding carboxylic acids is 1. The minimum Gasteiger partial charge on any atom is -0.492 e. The molecule has 0 bridgehead atoms. The fourth-order valence-electron chi connectivity index (χ4n) is 2.11. The number of benzene rings is 1. The molecule has 1 heterocycles. The van der Waals surface area contributed by atoms with Gasteiger partial charge in [0.1, 0.15) is 24.7 Å². The number of rotatable bonds is 8. The maximum Gasteiger partial charge on any atom is 0.243 e. The fourth-order valence-corrected chi connectivity index (χ4v) is 2.76. The van der Waals surface area contributed by atoms with E-state index in [0.29, 0.717) is 31.4 Å². The van der Waals surface area contributed by atoms with Gasteiger partial charge in [0.05, 0.1) is 13.1 Å². The van der Waals surface area contributed by atoms with E-state index in [9.17, 15) is 9.18 Å². The van der Waals surface area contributed by atoms with E-state index in [1.54, 1.807) is 37.6 Å². The van der Waals surface area contributed by atoms with Crippen molar-refractivity contribution in [1.82, 2.24) is 15.1 Å². The summed E-state index contributed by atoms with van der Waals surface area (Å²) in [5.74, 6) is 0.873. The van der Waals surface area contributed by atoms with Gasteiger partial charge in [0.25, 0.3) is 0 Å². The van der Waals surface area contributed by atoms with Crippen molar-refractivity contribution in [3.8, 4) is 5.75 Å². The van der Waals surface area contributed by atoms with Crippen LogP contribution in [0.1, 0.15) is 4.88 Å². The van der Waals surface area contributed by atoms with Gasteiger partial charge in [-0.05, 0) is 35.7 Å². The van der Waals surface area contributed by atoms with Gasteiger partial charge in [0.2, 0.25) is 5.91 Å². The average Bonchev–Trinajstić information content (AvgIpc) is 3.16. The van der Waals surface area contributed by atoms with Gasteiger partial charge >= 0.3 is 0 Å². The van der Waals surface area contributed by atoms with Crippen molar-refractivity contribution >= 4 is 23.2 Å². The summed E-state index contributed by atoms with van der Waals surface area (Å²) >= 11 is 1.66. The van der Waals surface area contributed by atoms with E-state index >= 15 is 0 Å². The molecule has 1 amide bonds. The molecule has 0 saturated carbocycles. The van der Waals surface area contributed by atoms with Gasteiger partial charge in [-0.15, -0.1) is 11.3 Å². The van der Waals surface area contributed by atoms with Crippen molar-refractivity contribution in [2.45, 2.75) is 6.54 Å². The molecule has 1 aromatic heterocycles. The molecule has 0 unspecified atom stereocenters. The SMILES string of the molecule is CN(C)C(=O)CN=C(NCc1cccs1)N(C)CCOc1ccc(F)cc1. The Hall–Kier alpha value is -2.61. The van der Waals surface area contributed by atoms with Gasteiger partial charge in [-0.1, -0.05) is 6.07 Å². The first-order chi connectivity index (χ1) is 13.0. The summed E-state index contributed by atoms with van der Waals surface area (Å²) < 4.78 is 18.6. The molecule has 8 heteroatoms. The molecule has 0 fully saturated rings. The van der Waals surface area contributed by atoms with Crippen LogP contribution in [0.3, 0.4) is 0 Å². The van der Waals surface area contributed by atoms with Gasteiger partial charge in [0, 0.05) is 26.0 Å². The van der Waals surface area contributed by atoms with Crippen LogP contribution in [-0.4, -0.2) is 62.5 Å². The van der Waals surface area contributed by atoms with Gasteiger partial charge in [-0.25, -0.2) is 9.38 Å². The Labute approximate surface area is 163 Å². The highest BCUT2D eigenvalue weighted by molar-refractivity contribution is 7.09. The van der Waals surface area contributed by atoms with Crippen molar-refractivity contribution < 1.29 is 13.9 Å². The van der Waals surface area contributed by atoms with Crippen LogP contribution in [0.4, 0.5) is 4.39 Å². The molecular weight excluding hydrogens is 367 g/mol. The first-order valence-corrected chi connectivity index (χ1v) is 9.44. The predicted molar refractivity (Wildman–Crippen MR) is 107 cm³/mol. The number of thiophene rings is 1. The van der Waals surface area contributed by atoms with Crippen LogP contribution >= 0.6 is 11.3 Å². The lowest BCUT2D eigenvalue weighted by Gasteiger charge is -2.22. The van der Waals surface area contributed by atoms with Crippen molar-refractivity contribution in [3.05, 3.63) is 52.5 Å². The number of nitrogens with one attached hydrogen (secondary N) is 1. The summed E-state index contributed by atoms with van der Waals surface area (Å²) in [5, 5.41) is 5.30. The summed E-state index contributed by atoms with van der Waals surface area (Å²) in [4.78, 5) is 20.9. The molecule has 0 spiro atoms. The van der Waals surface area contributed by atoms with E-state index in [-0.39, 0.29) is 18.3 Å². The smallest absolute Gasteiger partial charge is 0.243 e. The molecule has 0 saturated heterocycles. The second-order valence-corrected chi connectivity index (χ2v) is 7.12. The summed E-state index contributed by atoms with van der Waals surface area (Å²) in [6, 6.07) is 9.94. The standard InChI is InChI=1S/C19H25FN4O2S/c1-23(2)18(25)14-22-19(21-13-17-5-4-12-27-17)24(3)10-11-26-16-8-6-15(20)7-9-16/h4-9,12H,10-11,13-14H2,1-3H3,(H,21,22). The van der Waals surface area contributed by atoms with Crippen LogP contribution in [0.25, 0.3) is 0 Å². The number of aliphatic imine (C=N–C) groups is 1. The summed E-state index contributed by atoms with van der Waals surface area (Å²) in [6.45, 7) is 1.67. The fraction of sp³-hybridized carbons (Fsp3) is 0.368. The highest BCUT2D eigenvalue weighted by Crippen LogP contribution is 2.11. The molecule has 0 aliphatic heterocycles. The topological polar surface area (TPSA) is 57.2 Å². The van der Waals surface area contributed by atoms with Gasteiger partial charge in [-0.3, -0.25) is 4.79 Å². The van der Waals surface area contributed by atoms with E-state index in [4.69, 9.17) is 4.74 Å².